The molecule has 10 heteroatoms. The van der Waals surface area contributed by atoms with Gasteiger partial charge in [0.2, 0.25) is 0 Å². The third-order valence-electron chi connectivity index (χ3n) is 11.2. The molecule has 3 saturated carbocycles. The van der Waals surface area contributed by atoms with Crippen molar-refractivity contribution in [1.29, 1.82) is 0 Å². The molecule has 3 aliphatic carbocycles. The molecule has 4 aliphatic rings. The van der Waals surface area contributed by atoms with Crippen molar-refractivity contribution in [3.8, 4) is 5.75 Å². The van der Waals surface area contributed by atoms with Crippen LogP contribution in [-0.2, 0) is 9.59 Å². The Hall–Kier alpha value is -2.72. The Bertz CT molecular complexity index is 1240. The minimum atomic E-state index is -1.52. The topological polar surface area (TPSA) is 128 Å². The van der Waals surface area contributed by atoms with Crippen molar-refractivity contribution in [3.63, 3.8) is 0 Å². The second-order valence-corrected chi connectivity index (χ2v) is 12.7. The first-order valence-corrected chi connectivity index (χ1v) is 13.8. The molecule has 2 bridgehead atoms. The molecule has 0 aromatic heterocycles. The highest BCUT2D eigenvalue weighted by Crippen LogP contribution is 2.69. The summed E-state index contributed by atoms with van der Waals surface area (Å²) < 4.78 is 21.7. The Morgan fingerprint density at radius 3 is 2.72 bits per heavy atom. The van der Waals surface area contributed by atoms with Crippen LogP contribution in [0.1, 0.15) is 65.4 Å². The standard InChI is InChI=1S/C29H38BFN2O6/c1-6-27(4)13-18(23(26(36)37)39-20-8-7-17-14-32-33-30(38)21(17)22(20)31)28(5)15(2)9-11-29(16(3)25(27)35)12-10-19(34)24(28)29/h6-8,14-16,18,23-25,33,35,38H,1,9-13H2,2-5H3,(H,36,37)/t15-,16+,18+,23?,24+,25+,27-,28-,29+/m1/s1. The van der Waals surface area contributed by atoms with Crippen LogP contribution >= 0.6 is 0 Å². The number of hydrogen-bond acceptors (Lipinski definition) is 7. The Kier molecular flexibility index (Phi) is 6.74. The fraction of sp³-hybridized carbons (Fsp3) is 0.621. The number of rotatable bonds is 5. The molecule has 0 spiro atoms. The number of benzene rings is 1. The number of carboxylic acid groups (broad SMARTS) is 1. The summed E-state index contributed by atoms with van der Waals surface area (Å²) in [5.41, 5.74) is -1.84. The van der Waals surface area contributed by atoms with E-state index in [-0.39, 0.29) is 35.3 Å². The number of ketones is 1. The molecule has 5 rings (SSSR count). The predicted molar refractivity (Wildman–Crippen MR) is 145 cm³/mol. The maximum Gasteiger partial charge on any atom is 0.467 e. The van der Waals surface area contributed by atoms with Gasteiger partial charge in [0.05, 0.1) is 12.3 Å². The van der Waals surface area contributed by atoms with Crippen molar-refractivity contribution in [2.45, 2.75) is 72.0 Å². The minimum Gasteiger partial charge on any atom is -0.478 e. The lowest BCUT2D eigenvalue weighted by Gasteiger charge is -2.63. The van der Waals surface area contributed by atoms with Gasteiger partial charge in [0.1, 0.15) is 5.78 Å². The molecule has 3 fully saturated rings. The van der Waals surface area contributed by atoms with Gasteiger partial charge >= 0.3 is 13.0 Å². The lowest BCUT2D eigenvalue weighted by atomic mass is 9.41. The van der Waals surface area contributed by atoms with Gasteiger partial charge in [0.25, 0.3) is 0 Å². The van der Waals surface area contributed by atoms with Crippen LogP contribution in [0.5, 0.6) is 5.75 Å². The van der Waals surface area contributed by atoms with Crippen molar-refractivity contribution in [2.24, 2.45) is 45.0 Å². The molecule has 9 atom stereocenters. The third-order valence-corrected chi connectivity index (χ3v) is 11.2. The molecule has 0 saturated heterocycles. The van der Waals surface area contributed by atoms with E-state index in [1.807, 2.05) is 20.8 Å². The summed E-state index contributed by atoms with van der Waals surface area (Å²) in [5, 5.41) is 38.8. The molecule has 1 aromatic rings. The zero-order valence-electron chi connectivity index (χ0n) is 23.0. The van der Waals surface area contributed by atoms with E-state index < -0.39 is 59.1 Å². The number of hydrazone groups is 1. The van der Waals surface area contributed by atoms with Crippen molar-refractivity contribution in [1.82, 2.24) is 5.34 Å². The first-order valence-electron chi connectivity index (χ1n) is 13.8. The number of hydrogen-bond donors (Lipinski definition) is 4. The summed E-state index contributed by atoms with van der Waals surface area (Å²) in [6.45, 7) is 12.0. The Balaban J connectivity index is 1.67. The highest BCUT2D eigenvalue weighted by molar-refractivity contribution is 6.65. The predicted octanol–water partition coefficient (Wildman–Crippen LogP) is 2.89. The van der Waals surface area contributed by atoms with Crippen LogP contribution in [0, 0.1) is 45.7 Å². The maximum absolute atomic E-state index is 15.7. The van der Waals surface area contributed by atoms with Gasteiger partial charge in [-0.25, -0.2) is 9.18 Å². The monoisotopic (exact) mass is 540 g/mol. The van der Waals surface area contributed by atoms with Crippen molar-refractivity contribution >= 4 is 30.5 Å². The number of carbonyl (C=O) groups is 2. The second-order valence-electron chi connectivity index (χ2n) is 12.7. The fourth-order valence-corrected chi connectivity index (χ4v) is 8.67. The van der Waals surface area contributed by atoms with Gasteiger partial charge in [-0.2, -0.15) is 5.10 Å². The molecule has 0 radical (unpaired) electrons. The Morgan fingerprint density at radius 1 is 1.33 bits per heavy atom. The number of carbonyl (C=O) groups excluding carboxylic acids is 1. The molecule has 210 valence electrons. The summed E-state index contributed by atoms with van der Waals surface area (Å²) in [5.74, 6) is -3.74. The lowest BCUT2D eigenvalue weighted by Crippen LogP contribution is -2.63. The second kappa shape index (κ2) is 9.44. The van der Waals surface area contributed by atoms with Crippen molar-refractivity contribution in [2.75, 3.05) is 0 Å². The van der Waals surface area contributed by atoms with Gasteiger partial charge in [0.15, 0.2) is 17.7 Å². The fourth-order valence-electron chi connectivity index (χ4n) is 8.67. The summed E-state index contributed by atoms with van der Waals surface area (Å²) in [7, 11) is -1.41. The molecule has 4 N–H and O–H groups in total. The number of aliphatic hydroxyl groups is 1. The zero-order chi connectivity index (χ0) is 28.5. The molecular weight excluding hydrogens is 502 g/mol. The third kappa shape index (κ3) is 3.89. The SMILES string of the molecule is C=C[C@]1(C)C[C@@H](C(Oc2ccc3c(c2F)B(O)NN=C3)C(=O)O)[C@@]2(C)[C@H](C)CC[C@]3(CCC(=O)[C@H]32)[C@@H](C)[C@@H]1O. The van der Waals surface area contributed by atoms with Gasteiger partial charge in [-0.15, -0.1) is 6.58 Å². The summed E-state index contributed by atoms with van der Waals surface area (Å²) >= 11 is 0. The van der Waals surface area contributed by atoms with E-state index in [1.54, 1.807) is 6.08 Å². The van der Waals surface area contributed by atoms with E-state index in [2.05, 4.69) is 23.9 Å². The maximum atomic E-state index is 15.7. The molecule has 1 aromatic carbocycles. The average Bonchev–Trinajstić information content (AvgIpc) is 3.26. The summed E-state index contributed by atoms with van der Waals surface area (Å²) in [4.78, 5) is 26.7. The number of ether oxygens (including phenoxy) is 1. The van der Waals surface area contributed by atoms with Gasteiger partial charge in [0, 0.05) is 29.1 Å². The van der Waals surface area contributed by atoms with E-state index in [0.717, 1.165) is 12.8 Å². The summed E-state index contributed by atoms with van der Waals surface area (Å²) in [6, 6.07) is 2.87. The normalized spacial score (nSPS) is 40.0. The van der Waals surface area contributed by atoms with Crippen LogP contribution in [0.4, 0.5) is 4.39 Å². The Morgan fingerprint density at radius 2 is 2.05 bits per heavy atom. The average molecular weight is 540 g/mol. The van der Waals surface area contributed by atoms with Crippen LogP contribution in [0.25, 0.3) is 0 Å². The first-order chi connectivity index (χ1) is 18.3. The number of halogens is 1. The largest absolute Gasteiger partial charge is 0.478 e. The number of Topliss-reactive ketones (excluding diaryl/α,β-unsaturated/α-hetero) is 1. The highest BCUT2D eigenvalue weighted by atomic mass is 19.1. The molecule has 1 heterocycles. The highest BCUT2D eigenvalue weighted by Gasteiger charge is 2.69. The van der Waals surface area contributed by atoms with Crippen molar-refractivity contribution < 1.29 is 34.0 Å². The number of carboxylic acids is 1. The number of aliphatic carboxylic acids is 1. The molecule has 1 unspecified atom stereocenters. The lowest BCUT2D eigenvalue weighted by molar-refractivity contribution is -0.193. The molecule has 39 heavy (non-hydrogen) atoms. The van der Waals surface area contributed by atoms with E-state index in [0.29, 0.717) is 18.4 Å². The number of nitrogens with zero attached hydrogens (tertiary/aromatic N) is 1. The van der Waals surface area contributed by atoms with Gasteiger partial charge in [-0.05, 0) is 66.0 Å². The molecule has 8 nitrogen and oxygen atoms in total. The summed E-state index contributed by atoms with van der Waals surface area (Å²) in [6.07, 6.45) is 3.51. The molecular formula is C29H38BFN2O6. The van der Waals surface area contributed by atoms with Gasteiger partial charge in [-0.1, -0.05) is 33.8 Å². The van der Waals surface area contributed by atoms with E-state index in [1.165, 1.54) is 18.3 Å². The van der Waals surface area contributed by atoms with Crippen LogP contribution in [-0.4, -0.2) is 52.5 Å². The minimum absolute atomic E-state index is 0.0137. The molecule has 0 amide bonds. The van der Waals surface area contributed by atoms with E-state index in [9.17, 15) is 24.8 Å². The number of nitrogens with one attached hydrogen (secondary N) is 1. The van der Waals surface area contributed by atoms with Gasteiger partial charge < -0.3 is 25.3 Å². The quantitative estimate of drug-likeness (QED) is 0.334. The molecule has 1 aliphatic heterocycles. The van der Waals surface area contributed by atoms with E-state index in [4.69, 9.17) is 4.74 Å². The van der Waals surface area contributed by atoms with Crippen LogP contribution < -0.4 is 15.5 Å². The number of aliphatic hydroxyl groups excluding tert-OH is 1. The van der Waals surface area contributed by atoms with Crippen LogP contribution in [0.3, 0.4) is 0 Å². The number of fused-ring (bicyclic) bond motifs is 1. The Labute approximate surface area is 228 Å². The first kappa shape index (κ1) is 27.8. The van der Waals surface area contributed by atoms with Crippen LogP contribution in [0.2, 0.25) is 0 Å². The van der Waals surface area contributed by atoms with Crippen molar-refractivity contribution in [3.05, 3.63) is 36.2 Å². The van der Waals surface area contributed by atoms with Gasteiger partial charge in [-0.3, -0.25) is 4.79 Å². The van der Waals surface area contributed by atoms with E-state index >= 15 is 4.39 Å². The van der Waals surface area contributed by atoms with Crippen LogP contribution in [0.15, 0.2) is 29.9 Å². The zero-order valence-corrected chi connectivity index (χ0v) is 23.0. The smallest absolute Gasteiger partial charge is 0.467 e.